The van der Waals surface area contributed by atoms with Crippen LogP contribution in [0.3, 0.4) is 0 Å². The zero-order valence-electron chi connectivity index (χ0n) is 20.8. The van der Waals surface area contributed by atoms with Gasteiger partial charge in [-0.1, -0.05) is 0 Å². The van der Waals surface area contributed by atoms with E-state index >= 15 is 0 Å². The van der Waals surface area contributed by atoms with Crippen molar-refractivity contribution in [2.45, 2.75) is 58.7 Å². The molecule has 1 fully saturated rings. The molecular weight excluding hydrogens is 534 g/mol. The van der Waals surface area contributed by atoms with E-state index in [1.54, 1.807) is 0 Å². The molecule has 1 aromatic rings. The molecule has 1 aromatic heterocycles. The number of likely N-dealkylation sites (N-methyl/N-ethyl adjacent to an activating group) is 2. The van der Waals surface area contributed by atoms with Crippen molar-refractivity contribution in [1.82, 2.24) is 17.3 Å². The van der Waals surface area contributed by atoms with Crippen LogP contribution in [0.4, 0.5) is 0 Å². The van der Waals surface area contributed by atoms with Crippen molar-refractivity contribution in [2.75, 3.05) is 40.3 Å². The first-order valence-corrected chi connectivity index (χ1v) is 14.6. The number of hydrogen-bond acceptors (Lipinski definition) is 4. The van der Waals surface area contributed by atoms with Crippen LogP contribution in [-0.4, -0.2) is 93.4 Å². The molecule has 0 radical (unpaired) electrons. The molecule has 32 heavy (non-hydrogen) atoms. The Morgan fingerprint density at radius 1 is 0.875 bits per heavy atom. The Morgan fingerprint density at radius 2 is 1.41 bits per heavy atom. The van der Waals surface area contributed by atoms with Gasteiger partial charge in [-0.25, -0.2) is 0 Å². The first-order chi connectivity index (χ1) is 14.8. The molecule has 0 N–H and O–H groups in total. The number of nitrogens with zero attached hydrogens (tertiary/aromatic N) is 4. The molecule has 178 valence electrons. The molecule has 4 rings (SSSR count). The van der Waals surface area contributed by atoms with Gasteiger partial charge in [-0.2, -0.15) is 0 Å². The van der Waals surface area contributed by atoms with E-state index in [-0.39, 0.29) is 45.2 Å². The molecule has 1 amide bonds. The maximum atomic E-state index is 12.5. The van der Waals surface area contributed by atoms with Gasteiger partial charge in [-0.15, -0.1) is 0 Å². The average molecular weight is 573 g/mol. The van der Waals surface area contributed by atoms with Gasteiger partial charge < -0.3 is 0 Å². The molecule has 0 saturated carbocycles. The number of amides is 1. The molecule has 0 aliphatic carbocycles. The van der Waals surface area contributed by atoms with Crippen LogP contribution < -0.4 is 5.56 Å². The number of hydrogen-bond donors (Lipinski definition) is 0. The van der Waals surface area contributed by atoms with E-state index in [0.717, 1.165) is 44.6 Å². The summed E-state index contributed by atoms with van der Waals surface area (Å²) >= 11 is 0.443. The first kappa shape index (κ1) is 25.7. The van der Waals surface area contributed by atoms with Crippen molar-refractivity contribution in [1.29, 1.82) is 0 Å². The second kappa shape index (κ2) is 9.77. The quantitative estimate of drug-likeness (QED) is 0.512. The third kappa shape index (κ3) is 5.11. The van der Waals surface area contributed by atoms with E-state index in [2.05, 4.69) is 74.6 Å². The Bertz CT molecular complexity index is 987. The predicted molar refractivity (Wildman–Crippen MR) is 134 cm³/mol. The van der Waals surface area contributed by atoms with E-state index in [1.807, 2.05) is 10.5 Å². The zero-order valence-corrected chi connectivity index (χ0v) is 24.2. The van der Waals surface area contributed by atoms with Crippen LogP contribution in [0.25, 0.3) is 5.70 Å². The Hall–Kier alpha value is -0.881. The number of carbonyl (C=O) groups is 1. The molecule has 3 aliphatic heterocycles. The molecule has 6 nitrogen and oxygen atoms in total. The molecule has 3 aliphatic rings. The second-order valence-corrected chi connectivity index (χ2v) is 15.8. The van der Waals surface area contributed by atoms with Gasteiger partial charge in [0.25, 0.3) is 0 Å². The van der Waals surface area contributed by atoms with Crippen molar-refractivity contribution in [2.24, 2.45) is 5.41 Å². The van der Waals surface area contributed by atoms with E-state index in [1.165, 1.54) is 15.8 Å². The Kier molecular flexibility index (Phi) is 7.86. The number of rotatable bonds is 2. The number of carbonyl (C=O) groups excluding carboxylic acids is 1. The minimum absolute atomic E-state index is 0.112. The monoisotopic (exact) mass is 574 g/mol. The Morgan fingerprint density at radius 3 is 1.78 bits per heavy atom. The summed E-state index contributed by atoms with van der Waals surface area (Å²) in [5.41, 5.74) is 3.44. The van der Waals surface area contributed by atoms with Crippen LogP contribution in [0, 0.1) is 19.3 Å². The summed E-state index contributed by atoms with van der Waals surface area (Å²) in [4.78, 5) is 29.0. The van der Waals surface area contributed by atoms with Crippen LogP contribution in [0.1, 0.15) is 50.5 Å². The standard InChI is InChI=1S/C13H22N2OSe.C11H16N2OSe/c1-12(2)11(16)15(17-13(12,3)4)10-6-8-14(5)9-7-10;1-8-9(2)15-13(11(8)14)10-4-6-12(3)7-5-10/h6H,7-9H2,1-5H3;4H,5-7H2,1-3H3. The third-order valence-electron chi connectivity index (χ3n) is 7.10. The van der Waals surface area contributed by atoms with Gasteiger partial charge in [0.05, 0.1) is 0 Å². The summed E-state index contributed by atoms with van der Waals surface area (Å²) in [5, 5.41) is 0. The van der Waals surface area contributed by atoms with Crippen molar-refractivity contribution in [3.63, 3.8) is 0 Å². The van der Waals surface area contributed by atoms with Crippen LogP contribution in [0.5, 0.6) is 0 Å². The SMILES string of the molecule is CN1CC=C(N2[Se]C(C)(C)C(C)(C)C2=O)CC1.Cc1[se]n(C2=CCN(C)CC2)c(=O)c1C. The van der Waals surface area contributed by atoms with Crippen molar-refractivity contribution >= 4 is 41.5 Å². The maximum absolute atomic E-state index is 12.5. The van der Waals surface area contributed by atoms with Gasteiger partial charge in [0.1, 0.15) is 0 Å². The van der Waals surface area contributed by atoms with Crippen LogP contribution in [0.2, 0.25) is 4.31 Å². The van der Waals surface area contributed by atoms with Crippen LogP contribution in [-0.2, 0) is 4.79 Å². The predicted octanol–water partition coefficient (Wildman–Crippen LogP) is 2.59. The first-order valence-electron chi connectivity index (χ1n) is 11.3. The molecule has 0 unspecified atom stereocenters. The minimum atomic E-state index is -0.225. The third-order valence-corrected chi connectivity index (χ3v) is 12.8. The summed E-state index contributed by atoms with van der Waals surface area (Å²) in [6.45, 7) is 16.7. The second-order valence-electron chi connectivity index (χ2n) is 10.1. The summed E-state index contributed by atoms with van der Waals surface area (Å²) in [5.74, 6) is 0.318. The van der Waals surface area contributed by atoms with Crippen molar-refractivity contribution in [3.8, 4) is 0 Å². The summed E-state index contributed by atoms with van der Waals surface area (Å²) in [6.07, 6.45) is 6.43. The Labute approximate surface area is 205 Å². The summed E-state index contributed by atoms with van der Waals surface area (Å²) in [7, 11) is 4.23. The van der Waals surface area contributed by atoms with E-state index in [0.29, 0.717) is 5.91 Å². The van der Waals surface area contributed by atoms with E-state index in [9.17, 15) is 9.59 Å². The normalized spacial score (nSPS) is 23.5. The Balaban J connectivity index is 0.000000182. The molecular formula is C24H38N4O2Se2. The van der Waals surface area contributed by atoms with Gasteiger partial charge in [-0.3, -0.25) is 0 Å². The average Bonchev–Trinajstić information content (AvgIpc) is 3.09. The van der Waals surface area contributed by atoms with Gasteiger partial charge in [0, 0.05) is 0 Å². The molecule has 8 heteroatoms. The fraction of sp³-hybridized carbons (Fsp3) is 0.667. The fourth-order valence-electron chi connectivity index (χ4n) is 3.71. The van der Waals surface area contributed by atoms with Crippen molar-refractivity contribution < 1.29 is 4.79 Å². The number of aryl methyl sites for hydroxylation is 1. The topological polar surface area (TPSA) is 48.8 Å². The number of aromatic nitrogens is 1. The van der Waals surface area contributed by atoms with Crippen LogP contribution >= 0.6 is 0 Å². The molecule has 0 spiro atoms. The fourth-order valence-corrected chi connectivity index (χ4v) is 8.68. The van der Waals surface area contributed by atoms with Gasteiger partial charge in [0.15, 0.2) is 0 Å². The summed E-state index contributed by atoms with van der Waals surface area (Å²) < 4.78 is 5.46. The van der Waals surface area contributed by atoms with Crippen LogP contribution in [0.15, 0.2) is 22.6 Å². The molecule has 0 aromatic carbocycles. The molecule has 4 heterocycles. The van der Waals surface area contributed by atoms with Gasteiger partial charge in [0.2, 0.25) is 0 Å². The summed E-state index contributed by atoms with van der Waals surface area (Å²) in [6, 6.07) is 0. The molecule has 0 bridgehead atoms. The van der Waals surface area contributed by atoms with Gasteiger partial charge in [-0.05, 0) is 0 Å². The molecule has 1 saturated heterocycles. The van der Waals surface area contributed by atoms with Crippen molar-refractivity contribution in [3.05, 3.63) is 38.2 Å². The van der Waals surface area contributed by atoms with E-state index < -0.39 is 0 Å². The van der Waals surface area contributed by atoms with Gasteiger partial charge >= 0.3 is 206 Å². The van der Waals surface area contributed by atoms with E-state index in [4.69, 9.17) is 0 Å². The molecule has 0 atom stereocenters. The zero-order chi connectivity index (χ0) is 23.8.